The van der Waals surface area contributed by atoms with Crippen LogP contribution in [0.15, 0.2) is 30.3 Å². The minimum Gasteiger partial charge on any atom is -0.370 e. The largest absolute Gasteiger partial charge is 0.370 e. The van der Waals surface area contributed by atoms with Crippen molar-refractivity contribution in [2.75, 3.05) is 19.0 Å². The fraction of sp³-hybridized carbons (Fsp3) is 0.400. The first kappa shape index (κ1) is 13.9. The molecule has 2 atom stereocenters. The summed E-state index contributed by atoms with van der Waals surface area (Å²) in [7, 11) is 0. The summed E-state index contributed by atoms with van der Waals surface area (Å²) in [5.41, 5.74) is 0. The molecule has 1 aromatic heterocycles. The van der Waals surface area contributed by atoms with Crippen molar-refractivity contribution >= 4 is 38.9 Å². The molecule has 1 fully saturated rings. The Balaban J connectivity index is 1.84. The normalized spacial score (nSPS) is 23.2. The van der Waals surface area contributed by atoms with E-state index in [1.54, 1.807) is 11.3 Å². The number of benzene rings is 1. The first-order chi connectivity index (χ1) is 9.67. The van der Waals surface area contributed by atoms with Crippen molar-refractivity contribution in [3.8, 4) is 0 Å². The average molecular weight is 310 g/mol. The van der Waals surface area contributed by atoms with Crippen molar-refractivity contribution in [1.29, 1.82) is 0 Å². The van der Waals surface area contributed by atoms with E-state index >= 15 is 0 Å². The maximum atomic E-state index is 12.6. The molecule has 1 aliphatic rings. The van der Waals surface area contributed by atoms with Crippen LogP contribution in [0.5, 0.6) is 0 Å². The molecular formula is C15H16ClNO2S. The van der Waals surface area contributed by atoms with E-state index in [4.69, 9.17) is 16.3 Å². The second-order valence-corrected chi connectivity index (χ2v) is 6.47. The van der Waals surface area contributed by atoms with Crippen LogP contribution in [0, 0.1) is 0 Å². The third-order valence-electron chi connectivity index (χ3n) is 3.42. The lowest BCUT2D eigenvalue weighted by atomic mass is 10.2. The Hall–Kier alpha value is -1.10. The molecule has 1 saturated heterocycles. The van der Waals surface area contributed by atoms with Gasteiger partial charge in [0.05, 0.1) is 23.0 Å². The predicted octanol–water partition coefficient (Wildman–Crippen LogP) is 3.37. The summed E-state index contributed by atoms with van der Waals surface area (Å²) in [5, 5.41) is 1.12. The van der Waals surface area contributed by atoms with E-state index in [-0.39, 0.29) is 18.1 Å². The molecule has 0 radical (unpaired) electrons. The molecule has 0 aliphatic carbocycles. The van der Waals surface area contributed by atoms with Crippen molar-refractivity contribution in [1.82, 2.24) is 4.90 Å². The summed E-state index contributed by atoms with van der Waals surface area (Å²) >= 11 is 7.41. The van der Waals surface area contributed by atoms with Crippen LogP contribution >= 0.6 is 22.9 Å². The number of carbonyl (C=O) groups excluding carboxylic acids is 1. The Labute approximate surface area is 127 Å². The van der Waals surface area contributed by atoms with Gasteiger partial charge in [-0.05, 0) is 24.4 Å². The Morgan fingerprint density at radius 1 is 1.45 bits per heavy atom. The van der Waals surface area contributed by atoms with Crippen molar-refractivity contribution in [2.24, 2.45) is 0 Å². The number of hydrogen-bond acceptors (Lipinski definition) is 3. The molecule has 1 aliphatic heterocycles. The van der Waals surface area contributed by atoms with E-state index in [1.807, 2.05) is 42.2 Å². The van der Waals surface area contributed by atoms with E-state index in [1.165, 1.54) is 0 Å². The molecule has 5 heteroatoms. The third kappa shape index (κ3) is 2.68. The van der Waals surface area contributed by atoms with Gasteiger partial charge in [-0.3, -0.25) is 4.79 Å². The van der Waals surface area contributed by atoms with Crippen LogP contribution in [0.25, 0.3) is 10.1 Å². The maximum Gasteiger partial charge on any atom is 0.264 e. The highest BCUT2D eigenvalue weighted by Crippen LogP contribution is 2.27. The topological polar surface area (TPSA) is 29.5 Å². The number of amides is 1. The fourth-order valence-electron chi connectivity index (χ4n) is 2.54. The second-order valence-electron chi connectivity index (χ2n) is 5.08. The number of alkyl halides is 1. The molecule has 1 aromatic carbocycles. The Morgan fingerprint density at radius 3 is 3.00 bits per heavy atom. The van der Waals surface area contributed by atoms with Gasteiger partial charge in [-0.2, -0.15) is 0 Å². The maximum absolute atomic E-state index is 12.6. The van der Waals surface area contributed by atoms with Gasteiger partial charge < -0.3 is 9.64 Å². The van der Waals surface area contributed by atoms with Crippen LogP contribution in [-0.2, 0) is 4.74 Å². The number of carbonyl (C=O) groups is 1. The molecule has 3 nitrogen and oxygen atoms in total. The van der Waals surface area contributed by atoms with Gasteiger partial charge in [0.25, 0.3) is 5.91 Å². The highest BCUT2D eigenvalue weighted by Gasteiger charge is 2.29. The number of morpholine rings is 1. The quantitative estimate of drug-likeness (QED) is 0.796. The van der Waals surface area contributed by atoms with Crippen LogP contribution < -0.4 is 0 Å². The number of halogens is 1. The highest BCUT2D eigenvalue weighted by molar-refractivity contribution is 7.20. The van der Waals surface area contributed by atoms with Crippen molar-refractivity contribution < 1.29 is 9.53 Å². The number of thiophene rings is 1. The SMILES string of the molecule is CC1CN(C(=O)c2cc3ccccc3s2)CC(CCl)O1. The van der Waals surface area contributed by atoms with E-state index in [0.29, 0.717) is 19.0 Å². The van der Waals surface area contributed by atoms with Crippen LogP contribution in [-0.4, -0.2) is 42.0 Å². The number of nitrogens with zero attached hydrogens (tertiary/aromatic N) is 1. The van der Waals surface area contributed by atoms with Gasteiger partial charge in [0.15, 0.2) is 0 Å². The zero-order valence-corrected chi connectivity index (χ0v) is 12.8. The number of rotatable bonds is 2. The average Bonchev–Trinajstić information content (AvgIpc) is 2.89. The smallest absolute Gasteiger partial charge is 0.264 e. The fourth-order valence-corrected chi connectivity index (χ4v) is 3.74. The lowest BCUT2D eigenvalue weighted by Crippen LogP contribution is -2.49. The van der Waals surface area contributed by atoms with Gasteiger partial charge in [0.2, 0.25) is 0 Å². The number of ether oxygens (including phenoxy) is 1. The lowest BCUT2D eigenvalue weighted by molar-refractivity contribution is -0.0569. The van der Waals surface area contributed by atoms with Crippen molar-refractivity contribution in [3.05, 3.63) is 35.2 Å². The van der Waals surface area contributed by atoms with Gasteiger partial charge in [-0.15, -0.1) is 22.9 Å². The second kappa shape index (κ2) is 5.72. The Morgan fingerprint density at radius 2 is 2.25 bits per heavy atom. The molecule has 2 aromatic rings. The molecule has 20 heavy (non-hydrogen) atoms. The Kier molecular flexibility index (Phi) is 3.96. The van der Waals surface area contributed by atoms with Crippen molar-refractivity contribution in [3.63, 3.8) is 0 Å². The van der Waals surface area contributed by atoms with Gasteiger partial charge in [-0.1, -0.05) is 18.2 Å². The molecule has 2 heterocycles. The zero-order valence-electron chi connectivity index (χ0n) is 11.2. The van der Waals surface area contributed by atoms with Gasteiger partial charge >= 0.3 is 0 Å². The zero-order chi connectivity index (χ0) is 14.1. The molecule has 0 spiro atoms. The molecule has 1 amide bonds. The Bertz CT molecular complexity index is 594. The first-order valence-corrected chi connectivity index (χ1v) is 8.01. The standard InChI is InChI=1S/C15H16ClNO2S/c1-10-8-17(9-12(7-16)19-10)15(18)14-6-11-4-2-3-5-13(11)20-14/h2-6,10,12H,7-9H2,1H3. The van der Waals surface area contributed by atoms with Crippen LogP contribution in [0.4, 0.5) is 0 Å². The van der Waals surface area contributed by atoms with Gasteiger partial charge in [0, 0.05) is 17.8 Å². The summed E-state index contributed by atoms with van der Waals surface area (Å²) in [4.78, 5) is 15.3. The minimum absolute atomic E-state index is 0.0332. The number of fused-ring (bicyclic) bond motifs is 1. The monoisotopic (exact) mass is 309 g/mol. The van der Waals surface area contributed by atoms with Gasteiger partial charge in [-0.25, -0.2) is 0 Å². The van der Waals surface area contributed by atoms with E-state index in [0.717, 1.165) is 15.0 Å². The summed E-state index contributed by atoms with van der Waals surface area (Å²) < 4.78 is 6.83. The lowest BCUT2D eigenvalue weighted by Gasteiger charge is -2.35. The molecular weight excluding hydrogens is 294 g/mol. The molecule has 0 N–H and O–H groups in total. The van der Waals surface area contributed by atoms with Gasteiger partial charge in [0.1, 0.15) is 0 Å². The summed E-state index contributed by atoms with van der Waals surface area (Å²) in [6, 6.07) is 10.0. The van der Waals surface area contributed by atoms with E-state index in [2.05, 4.69) is 0 Å². The molecule has 106 valence electrons. The molecule has 3 rings (SSSR count). The van der Waals surface area contributed by atoms with Crippen LogP contribution in [0.1, 0.15) is 16.6 Å². The number of hydrogen-bond donors (Lipinski definition) is 0. The van der Waals surface area contributed by atoms with Crippen molar-refractivity contribution in [2.45, 2.75) is 19.1 Å². The van der Waals surface area contributed by atoms with E-state index < -0.39 is 0 Å². The minimum atomic E-state index is -0.0706. The summed E-state index contributed by atoms with van der Waals surface area (Å²) in [6.07, 6.45) is -0.0374. The highest BCUT2D eigenvalue weighted by atomic mass is 35.5. The molecule has 2 unspecified atom stereocenters. The van der Waals surface area contributed by atoms with Crippen LogP contribution in [0.2, 0.25) is 0 Å². The third-order valence-corrected chi connectivity index (χ3v) is 4.87. The first-order valence-electron chi connectivity index (χ1n) is 6.66. The summed E-state index contributed by atoms with van der Waals surface area (Å²) in [5.74, 6) is 0.497. The molecule has 0 saturated carbocycles. The van der Waals surface area contributed by atoms with Crippen LogP contribution in [0.3, 0.4) is 0 Å². The predicted molar refractivity (Wildman–Crippen MR) is 82.8 cm³/mol. The summed E-state index contributed by atoms with van der Waals surface area (Å²) in [6.45, 7) is 3.17. The van der Waals surface area contributed by atoms with E-state index in [9.17, 15) is 4.79 Å². The molecule has 0 bridgehead atoms.